The number of aliphatic hydroxyl groups excluding tert-OH is 1. The topological polar surface area (TPSA) is 50.2 Å². The van der Waals surface area contributed by atoms with Crippen molar-refractivity contribution in [3.8, 4) is 11.3 Å². The van der Waals surface area contributed by atoms with Crippen LogP contribution >= 0.6 is 0 Å². The molecule has 0 amide bonds. The first kappa shape index (κ1) is 30.7. The van der Waals surface area contributed by atoms with Gasteiger partial charge in [-0.25, -0.2) is 0 Å². The minimum Gasteiger partial charge on any atom is -0.512 e. The average molecular weight is 651 g/mol. The molecular weight excluding hydrogens is 611 g/mol. The van der Waals surface area contributed by atoms with Crippen LogP contribution in [0.1, 0.15) is 73.4 Å². The minimum atomic E-state index is -0.417. The summed E-state index contributed by atoms with van der Waals surface area (Å²) in [5, 5.41) is 10.7. The van der Waals surface area contributed by atoms with Crippen LogP contribution in [0.15, 0.2) is 60.4 Å². The van der Waals surface area contributed by atoms with E-state index in [9.17, 15) is 9.90 Å². The second-order valence-electron chi connectivity index (χ2n) is 12.0. The summed E-state index contributed by atoms with van der Waals surface area (Å²) in [6.45, 7) is 19.9. The number of rotatable bonds is 2. The zero-order chi connectivity index (χ0) is 25.9. The minimum absolute atomic E-state index is 0. The van der Waals surface area contributed by atoms with Crippen LogP contribution in [0.3, 0.4) is 0 Å². The maximum Gasteiger partial charge on any atom is 0.164 e. The maximum atomic E-state index is 11.5. The second-order valence-corrected chi connectivity index (χ2v) is 12.0. The molecule has 0 aliphatic rings. The Bertz CT molecular complexity index is 1190. The molecule has 0 fully saturated rings. The molecule has 0 saturated carbocycles. The molecule has 1 radical (unpaired) electrons. The zero-order valence-corrected chi connectivity index (χ0v) is 25.2. The van der Waals surface area contributed by atoms with E-state index in [0.717, 1.165) is 22.3 Å². The summed E-state index contributed by atoms with van der Waals surface area (Å²) in [4.78, 5) is 16.3. The Morgan fingerprint density at radius 1 is 0.886 bits per heavy atom. The van der Waals surface area contributed by atoms with Crippen molar-refractivity contribution in [1.29, 1.82) is 0 Å². The number of allylic oxidation sites excluding steroid dienone is 2. The smallest absolute Gasteiger partial charge is 0.164 e. The number of nitrogens with zero attached hydrogens (tertiary/aromatic N) is 1. The molecule has 2 aromatic carbocycles. The number of carbonyl (C=O) groups excluding carboxylic acids is 1. The molecule has 1 N–H and O–H groups in total. The largest absolute Gasteiger partial charge is 0.512 e. The number of pyridine rings is 1. The Balaban J connectivity index is 0.000000383. The Morgan fingerprint density at radius 2 is 1.49 bits per heavy atom. The van der Waals surface area contributed by atoms with Crippen LogP contribution in [0, 0.1) is 23.8 Å². The molecule has 3 nitrogen and oxygen atoms in total. The van der Waals surface area contributed by atoms with Gasteiger partial charge >= 0.3 is 0 Å². The first-order chi connectivity index (χ1) is 15.5. The fourth-order valence-corrected chi connectivity index (χ4v) is 3.06. The number of aliphatic hydroxyl groups is 1. The Morgan fingerprint density at radius 3 is 2.03 bits per heavy atom. The normalized spacial score (nSPS) is 12.5. The predicted molar refractivity (Wildman–Crippen MR) is 144 cm³/mol. The molecule has 4 heteroatoms. The van der Waals surface area contributed by atoms with E-state index in [-0.39, 0.29) is 42.5 Å². The van der Waals surface area contributed by atoms with Crippen molar-refractivity contribution in [3.63, 3.8) is 0 Å². The monoisotopic (exact) mass is 651 g/mol. The molecule has 35 heavy (non-hydrogen) atoms. The summed E-state index contributed by atoms with van der Waals surface area (Å²) < 4.78 is 0. The number of aromatic nitrogens is 1. The number of fused-ring (bicyclic) bond motifs is 1. The van der Waals surface area contributed by atoms with Gasteiger partial charge in [0, 0.05) is 37.0 Å². The molecule has 0 unspecified atom stereocenters. The predicted octanol–water partition coefficient (Wildman–Crippen LogP) is 8.40. The summed E-state index contributed by atoms with van der Waals surface area (Å²) in [7, 11) is 0. The molecule has 3 aromatic rings. The van der Waals surface area contributed by atoms with Crippen molar-refractivity contribution in [1.82, 2.24) is 4.98 Å². The van der Waals surface area contributed by atoms with Crippen molar-refractivity contribution in [2.75, 3.05) is 0 Å². The number of hydrogen-bond acceptors (Lipinski definition) is 3. The van der Waals surface area contributed by atoms with E-state index in [0.29, 0.717) is 0 Å². The third kappa shape index (κ3) is 9.02. The van der Waals surface area contributed by atoms with Crippen molar-refractivity contribution in [2.24, 2.45) is 10.8 Å². The molecule has 191 valence electrons. The van der Waals surface area contributed by atoms with Crippen LogP contribution < -0.4 is 0 Å². The Labute approximate surface area is 225 Å². The van der Waals surface area contributed by atoms with Crippen LogP contribution in [-0.2, 0) is 30.3 Å². The molecular formula is C31H40IrNO2-. The molecule has 0 aliphatic carbocycles. The number of benzene rings is 2. The molecule has 0 aliphatic heterocycles. The van der Waals surface area contributed by atoms with E-state index in [4.69, 9.17) is 4.98 Å². The average Bonchev–Trinajstić information content (AvgIpc) is 2.71. The fraction of sp³-hybridized carbons (Fsp3) is 0.419. The Kier molecular flexibility index (Phi) is 10.2. The standard InChI is InChI=1S/C20H20N.C11H20O2.Ir/c1-14-11-16(13-17(12-14)20(2,3)4)19-10-9-15-7-5-6-8-18(15)21-19;1-10(2,3)8(12)7-9(13)11(4,5)6;/h5-10,12-13H,1-4H3;7,12H,1-6H3;/q-1;;. The van der Waals surface area contributed by atoms with E-state index in [2.05, 4.69) is 70.2 Å². The van der Waals surface area contributed by atoms with Crippen LogP contribution in [-0.4, -0.2) is 15.9 Å². The number of ketones is 1. The van der Waals surface area contributed by atoms with Gasteiger partial charge < -0.3 is 5.11 Å². The van der Waals surface area contributed by atoms with E-state index in [1.54, 1.807) is 0 Å². The maximum absolute atomic E-state index is 11.5. The molecule has 3 rings (SSSR count). The van der Waals surface area contributed by atoms with Crippen LogP contribution in [0.2, 0.25) is 0 Å². The van der Waals surface area contributed by atoms with Gasteiger partial charge in [-0.05, 0) is 22.6 Å². The fourth-order valence-electron chi connectivity index (χ4n) is 3.06. The number of hydrogen-bond donors (Lipinski definition) is 1. The summed E-state index contributed by atoms with van der Waals surface area (Å²) in [6.07, 6.45) is 1.33. The van der Waals surface area contributed by atoms with Gasteiger partial charge in [-0.3, -0.25) is 9.78 Å². The van der Waals surface area contributed by atoms with Crippen LogP contribution in [0.25, 0.3) is 22.2 Å². The Hall–Kier alpha value is -2.29. The van der Waals surface area contributed by atoms with Crippen LogP contribution in [0.5, 0.6) is 0 Å². The zero-order valence-electron chi connectivity index (χ0n) is 22.8. The number of para-hydroxylation sites is 1. The first-order valence-electron chi connectivity index (χ1n) is 11.8. The number of carbonyl (C=O) groups is 1. The molecule has 0 bridgehead atoms. The van der Waals surface area contributed by atoms with Gasteiger partial charge in [0.1, 0.15) is 5.76 Å². The van der Waals surface area contributed by atoms with Gasteiger partial charge in [0.2, 0.25) is 0 Å². The summed E-state index contributed by atoms with van der Waals surface area (Å²) >= 11 is 0. The summed E-state index contributed by atoms with van der Waals surface area (Å²) in [5.41, 5.74) is 4.94. The van der Waals surface area contributed by atoms with Gasteiger partial charge in [0.25, 0.3) is 0 Å². The van der Waals surface area contributed by atoms with Gasteiger partial charge in [-0.15, -0.1) is 34.9 Å². The number of aryl methyl sites for hydroxylation is 1. The third-order valence-electron chi connectivity index (χ3n) is 5.52. The summed E-state index contributed by atoms with van der Waals surface area (Å²) in [5.74, 6) is 0.104. The third-order valence-corrected chi connectivity index (χ3v) is 5.52. The SMILES string of the molecule is CC(C)(C)C(=O)C=C(O)C(C)(C)C.Cc1[c-]c(-c2ccc3ccccc3n2)cc(C(C)(C)C)c1.[Ir]. The van der Waals surface area contributed by atoms with E-state index in [1.165, 1.54) is 17.0 Å². The quantitative estimate of drug-likeness (QED) is 0.172. The van der Waals surface area contributed by atoms with Crippen molar-refractivity contribution < 1.29 is 30.0 Å². The first-order valence-corrected chi connectivity index (χ1v) is 11.8. The molecule has 0 saturated heterocycles. The summed E-state index contributed by atoms with van der Waals surface area (Å²) in [6, 6.07) is 20.3. The van der Waals surface area contributed by atoms with E-state index in [1.807, 2.05) is 53.7 Å². The van der Waals surface area contributed by atoms with Crippen molar-refractivity contribution in [2.45, 2.75) is 74.7 Å². The molecule has 0 spiro atoms. The van der Waals surface area contributed by atoms with Crippen molar-refractivity contribution in [3.05, 3.63) is 77.6 Å². The van der Waals surface area contributed by atoms with Crippen molar-refractivity contribution >= 4 is 16.7 Å². The van der Waals surface area contributed by atoms with Gasteiger partial charge in [-0.2, -0.15) is 0 Å². The molecule has 1 aromatic heterocycles. The second kappa shape index (κ2) is 11.6. The van der Waals surface area contributed by atoms with Gasteiger partial charge in [-0.1, -0.05) is 99.6 Å². The molecule has 1 heterocycles. The van der Waals surface area contributed by atoms with Gasteiger partial charge in [0.15, 0.2) is 5.78 Å². The van der Waals surface area contributed by atoms with Gasteiger partial charge in [0.05, 0.1) is 5.52 Å². The van der Waals surface area contributed by atoms with E-state index >= 15 is 0 Å². The van der Waals surface area contributed by atoms with E-state index < -0.39 is 5.41 Å². The molecule has 0 atom stereocenters. The van der Waals surface area contributed by atoms with Crippen LogP contribution in [0.4, 0.5) is 0 Å².